The molecule has 1 heterocycles. The smallest absolute Gasteiger partial charge is 0.328 e. The minimum Gasteiger partial charge on any atom is -0.464 e. The molecule has 0 radical (unpaired) electrons. The molecule has 0 aromatic heterocycles. The first-order chi connectivity index (χ1) is 5.79. The Labute approximate surface area is 71.5 Å². The van der Waals surface area contributed by atoms with Gasteiger partial charge in [-0.25, -0.2) is 4.79 Å². The largest absolute Gasteiger partial charge is 0.464 e. The minimum atomic E-state index is -0.331. The molecule has 4 nitrogen and oxygen atoms in total. The number of ether oxygens (including phenoxy) is 1. The Bertz CT molecular complexity index is 181. The quantitative estimate of drug-likeness (QED) is 0.449. The second kappa shape index (κ2) is 4.09. The molecule has 0 unspecified atom stereocenters. The van der Waals surface area contributed by atoms with E-state index < -0.39 is 0 Å². The third kappa shape index (κ3) is 1.75. The van der Waals surface area contributed by atoms with E-state index in [4.69, 9.17) is 4.74 Å². The van der Waals surface area contributed by atoms with Crippen LogP contribution in [0, 0.1) is 0 Å². The summed E-state index contributed by atoms with van der Waals surface area (Å²) >= 11 is 0. The van der Waals surface area contributed by atoms with Gasteiger partial charge in [-0.15, -0.1) is 0 Å². The van der Waals surface area contributed by atoms with E-state index in [1.54, 1.807) is 6.92 Å². The molecule has 4 heteroatoms. The SMILES string of the molecule is CCOC(=O)[C@@H]1CCCN1C=O. The molecular formula is C8H13NO3. The van der Waals surface area contributed by atoms with Crippen molar-refractivity contribution in [1.29, 1.82) is 0 Å². The van der Waals surface area contributed by atoms with Gasteiger partial charge in [0.2, 0.25) is 6.41 Å². The molecule has 0 saturated carbocycles. The molecule has 1 rings (SSSR count). The van der Waals surface area contributed by atoms with Crippen molar-refractivity contribution in [2.45, 2.75) is 25.8 Å². The highest BCUT2D eigenvalue weighted by atomic mass is 16.5. The molecule has 1 aliphatic rings. The van der Waals surface area contributed by atoms with Crippen LogP contribution in [0.15, 0.2) is 0 Å². The first kappa shape index (κ1) is 9.03. The van der Waals surface area contributed by atoms with Gasteiger partial charge in [0.05, 0.1) is 6.61 Å². The average Bonchev–Trinajstić information content (AvgIpc) is 2.51. The van der Waals surface area contributed by atoms with Crippen molar-refractivity contribution in [2.75, 3.05) is 13.2 Å². The molecule has 1 saturated heterocycles. The Morgan fingerprint density at radius 2 is 2.50 bits per heavy atom. The van der Waals surface area contributed by atoms with Crippen LogP contribution in [0.4, 0.5) is 0 Å². The maximum Gasteiger partial charge on any atom is 0.328 e. The number of rotatable bonds is 3. The zero-order chi connectivity index (χ0) is 8.97. The average molecular weight is 171 g/mol. The minimum absolute atomic E-state index is 0.276. The summed E-state index contributed by atoms with van der Waals surface area (Å²) in [6, 6.07) is -0.331. The molecule has 0 aliphatic carbocycles. The van der Waals surface area contributed by atoms with Crippen LogP contribution in [0.5, 0.6) is 0 Å². The standard InChI is InChI=1S/C8H13NO3/c1-2-12-8(11)7-4-3-5-9(7)6-10/h6-7H,2-5H2,1H3/t7-/m0/s1. The van der Waals surface area contributed by atoms with Gasteiger partial charge in [-0.3, -0.25) is 4.79 Å². The molecule has 0 N–H and O–H groups in total. The van der Waals surface area contributed by atoms with Crippen LogP contribution < -0.4 is 0 Å². The number of amides is 1. The van der Waals surface area contributed by atoms with Crippen molar-refractivity contribution in [2.24, 2.45) is 0 Å². The van der Waals surface area contributed by atoms with E-state index in [0.717, 1.165) is 12.8 Å². The number of hydrogen-bond acceptors (Lipinski definition) is 3. The van der Waals surface area contributed by atoms with Gasteiger partial charge in [0.15, 0.2) is 0 Å². The maximum atomic E-state index is 11.2. The molecule has 12 heavy (non-hydrogen) atoms. The van der Waals surface area contributed by atoms with E-state index in [9.17, 15) is 9.59 Å². The monoisotopic (exact) mass is 171 g/mol. The van der Waals surface area contributed by atoms with E-state index in [1.807, 2.05) is 0 Å². The summed E-state index contributed by atoms with van der Waals surface area (Å²) in [7, 11) is 0. The molecule has 1 aliphatic heterocycles. The van der Waals surface area contributed by atoms with Gasteiger partial charge < -0.3 is 9.64 Å². The summed E-state index contributed by atoms with van der Waals surface area (Å²) in [5.74, 6) is -0.276. The number of nitrogens with zero attached hydrogens (tertiary/aromatic N) is 1. The number of carbonyl (C=O) groups is 2. The summed E-state index contributed by atoms with van der Waals surface area (Å²) < 4.78 is 4.82. The molecule has 0 aromatic rings. The second-order valence-corrected chi connectivity index (χ2v) is 2.75. The van der Waals surface area contributed by atoms with Crippen molar-refractivity contribution in [3.05, 3.63) is 0 Å². The fraction of sp³-hybridized carbons (Fsp3) is 0.750. The van der Waals surface area contributed by atoms with Gasteiger partial charge in [0.25, 0.3) is 0 Å². The highest BCUT2D eigenvalue weighted by molar-refractivity contribution is 5.78. The summed E-state index contributed by atoms with van der Waals surface area (Å²) in [6.07, 6.45) is 2.34. The Kier molecular flexibility index (Phi) is 3.08. The number of esters is 1. The summed E-state index contributed by atoms with van der Waals surface area (Å²) in [5, 5.41) is 0. The van der Waals surface area contributed by atoms with Crippen molar-refractivity contribution >= 4 is 12.4 Å². The number of hydrogen-bond donors (Lipinski definition) is 0. The van der Waals surface area contributed by atoms with Crippen molar-refractivity contribution in [1.82, 2.24) is 4.90 Å². The van der Waals surface area contributed by atoms with Gasteiger partial charge in [-0.2, -0.15) is 0 Å². The van der Waals surface area contributed by atoms with Crippen molar-refractivity contribution in [3.63, 3.8) is 0 Å². The van der Waals surface area contributed by atoms with Crippen LogP contribution in [0.25, 0.3) is 0 Å². The van der Waals surface area contributed by atoms with Crippen molar-refractivity contribution < 1.29 is 14.3 Å². The lowest BCUT2D eigenvalue weighted by Crippen LogP contribution is -2.36. The molecule has 1 atom stereocenters. The Balaban J connectivity index is 2.49. The molecule has 1 fully saturated rings. The first-order valence-electron chi connectivity index (χ1n) is 4.17. The fourth-order valence-corrected chi connectivity index (χ4v) is 1.41. The Morgan fingerprint density at radius 1 is 1.75 bits per heavy atom. The summed E-state index contributed by atoms with van der Waals surface area (Å²) in [4.78, 5) is 23.1. The van der Waals surface area contributed by atoms with Crippen LogP contribution in [-0.4, -0.2) is 36.5 Å². The molecule has 68 valence electrons. The Morgan fingerprint density at radius 3 is 3.08 bits per heavy atom. The van der Waals surface area contributed by atoms with Crippen LogP contribution in [-0.2, 0) is 14.3 Å². The number of likely N-dealkylation sites (tertiary alicyclic amines) is 1. The van der Waals surface area contributed by atoms with Crippen molar-refractivity contribution in [3.8, 4) is 0 Å². The predicted octanol–water partition coefficient (Wildman–Crippen LogP) is 0.170. The topological polar surface area (TPSA) is 46.6 Å². The Hall–Kier alpha value is -1.06. The first-order valence-corrected chi connectivity index (χ1v) is 4.17. The fourth-order valence-electron chi connectivity index (χ4n) is 1.41. The van der Waals surface area contributed by atoms with Crippen LogP contribution in [0.1, 0.15) is 19.8 Å². The van der Waals surface area contributed by atoms with E-state index >= 15 is 0 Å². The van der Waals surface area contributed by atoms with Gasteiger partial charge >= 0.3 is 5.97 Å². The molecule has 1 amide bonds. The lowest BCUT2D eigenvalue weighted by atomic mass is 10.2. The molecule has 0 aromatic carbocycles. The van der Waals surface area contributed by atoms with Gasteiger partial charge in [-0.05, 0) is 19.8 Å². The van der Waals surface area contributed by atoms with E-state index in [1.165, 1.54) is 4.90 Å². The third-order valence-corrected chi connectivity index (χ3v) is 1.99. The maximum absolute atomic E-state index is 11.2. The van der Waals surface area contributed by atoms with E-state index in [0.29, 0.717) is 19.6 Å². The highest BCUT2D eigenvalue weighted by Gasteiger charge is 2.30. The van der Waals surface area contributed by atoms with Crippen LogP contribution in [0.2, 0.25) is 0 Å². The second-order valence-electron chi connectivity index (χ2n) is 2.75. The van der Waals surface area contributed by atoms with E-state index in [2.05, 4.69) is 0 Å². The van der Waals surface area contributed by atoms with E-state index in [-0.39, 0.29) is 12.0 Å². The zero-order valence-electron chi connectivity index (χ0n) is 7.16. The molecule has 0 bridgehead atoms. The highest BCUT2D eigenvalue weighted by Crippen LogP contribution is 2.15. The van der Waals surface area contributed by atoms with Gasteiger partial charge in [0.1, 0.15) is 6.04 Å². The summed E-state index contributed by atoms with van der Waals surface area (Å²) in [6.45, 7) is 2.81. The van der Waals surface area contributed by atoms with Crippen LogP contribution in [0.3, 0.4) is 0 Å². The van der Waals surface area contributed by atoms with Crippen LogP contribution >= 0.6 is 0 Å². The lowest BCUT2D eigenvalue weighted by Gasteiger charge is -2.17. The number of carbonyl (C=O) groups excluding carboxylic acids is 2. The summed E-state index contributed by atoms with van der Waals surface area (Å²) in [5.41, 5.74) is 0. The third-order valence-electron chi connectivity index (χ3n) is 1.99. The zero-order valence-corrected chi connectivity index (χ0v) is 7.16. The van der Waals surface area contributed by atoms with Gasteiger partial charge in [-0.1, -0.05) is 0 Å². The molecular weight excluding hydrogens is 158 g/mol. The normalized spacial score (nSPS) is 22.4. The lowest BCUT2D eigenvalue weighted by molar-refractivity contribution is -0.150. The molecule has 0 spiro atoms. The predicted molar refractivity (Wildman–Crippen MR) is 42.4 cm³/mol. The van der Waals surface area contributed by atoms with Gasteiger partial charge in [0, 0.05) is 6.54 Å².